The molecule has 1 aromatic carbocycles. The van der Waals surface area contributed by atoms with Crippen LogP contribution in [0.5, 0.6) is 0 Å². The minimum absolute atomic E-state index is 0.301. The molecule has 2 N–H and O–H groups in total. The van der Waals surface area contributed by atoms with Crippen LogP contribution < -0.4 is 10.6 Å². The summed E-state index contributed by atoms with van der Waals surface area (Å²) in [4.78, 5) is 20.7. The van der Waals surface area contributed by atoms with Gasteiger partial charge in [0.05, 0.1) is 39.2 Å². The number of anilines is 2. The molecule has 25 heavy (non-hydrogen) atoms. The van der Waals surface area contributed by atoms with Crippen LogP contribution in [0.1, 0.15) is 16.1 Å². The number of pyridine rings is 2. The summed E-state index contributed by atoms with van der Waals surface area (Å²) in [5, 5.41) is 6.60. The number of rotatable bonds is 5. The summed E-state index contributed by atoms with van der Waals surface area (Å²) in [6, 6.07) is 12.5. The first-order valence-electron chi connectivity index (χ1n) is 7.47. The summed E-state index contributed by atoms with van der Waals surface area (Å²) in [5.41, 5.74) is 2.46. The van der Waals surface area contributed by atoms with Crippen LogP contribution in [0.2, 0.25) is 10.0 Å². The number of benzene rings is 1. The molecule has 3 aromatic rings. The van der Waals surface area contributed by atoms with Gasteiger partial charge in [-0.2, -0.15) is 0 Å². The Morgan fingerprint density at radius 1 is 1.08 bits per heavy atom. The molecule has 126 valence electrons. The zero-order valence-corrected chi connectivity index (χ0v) is 14.6. The maximum Gasteiger partial charge on any atom is 0.257 e. The molecule has 0 spiro atoms. The zero-order chi connectivity index (χ0) is 17.6. The van der Waals surface area contributed by atoms with Gasteiger partial charge in [-0.15, -0.1) is 0 Å². The number of carbonyl (C=O) groups excluding carboxylic acids is 1. The van der Waals surface area contributed by atoms with Gasteiger partial charge in [0.1, 0.15) is 0 Å². The molecule has 0 unspecified atom stereocenters. The summed E-state index contributed by atoms with van der Waals surface area (Å²) in [6.45, 7) is 0.535. The fourth-order valence-corrected chi connectivity index (χ4v) is 2.50. The second kappa shape index (κ2) is 7.96. The molecule has 1 amide bonds. The number of carbonyl (C=O) groups is 1. The third-order valence-corrected chi connectivity index (χ3v) is 4.22. The molecule has 0 fully saturated rings. The average molecular weight is 373 g/mol. The molecule has 0 aliphatic rings. The molecule has 0 saturated heterocycles. The van der Waals surface area contributed by atoms with Crippen molar-refractivity contribution in [3.63, 3.8) is 0 Å². The van der Waals surface area contributed by atoms with Gasteiger partial charge in [0.2, 0.25) is 0 Å². The van der Waals surface area contributed by atoms with Gasteiger partial charge in [-0.3, -0.25) is 14.8 Å². The zero-order valence-electron chi connectivity index (χ0n) is 13.0. The lowest BCUT2D eigenvalue weighted by Gasteiger charge is -2.10. The van der Waals surface area contributed by atoms with Crippen molar-refractivity contribution in [3.8, 4) is 0 Å². The number of halogens is 2. The number of aromatic nitrogens is 2. The largest absolute Gasteiger partial charge is 0.378 e. The van der Waals surface area contributed by atoms with Crippen LogP contribution >= 0.6 is 23.2 Å². The minimum atomic E-state index is -0.321. The van der Waals surface area contributed by atoms with Crippen molar-refractivity contribution in [2.24, 2.45) is 0 Å². The normalized spacial score (nSPS) is 10.3. The Balaban J connectivity index is 1.70. The SMILES string of the molecule is O=C(Nc1cccc(Cl)c1Cl)c1cncc(NCc2ccccn2)c1. The standard InChI is InChI=1S/C18H14Cl2N4O/c19-15-5-3-6-16(17(15)20)24-18(25)12-8-14(10-21-9-12)23-11-13-4-1-2-7-22-13/h1-10,23H,11H2,(H,24,25). The summed E-state index contributed by atoms with van der Waals surface area (Å²) in [5.74, 6) is -0.321. The predicted molar refractivity (Wildman–Crippen MR) is 100 cm³/mol. The number of nitrogens with zero attached hydrogens (tertiary/aromatic N) is 2. The fraction of sp³-hybridized carbons (Fsp3) is 0.0556. The highest BCUT2D eigenvalue weighted by Gasteiger charge is 2.11. The Hall–Kier alpha value is -2.63. The van der Waals surface area contributed by atoms with Crippen LogP contribution in [0.25, 0.3) is 0 Å². The lowest BCUT2D eigenvalue weighted by molar-refractivity contribution is 0.102. The third kappa shape index (κ3) is 4.47. The quantitative estimate of drug-likeness (QED) is 0.683. The molecule has 0 radical (unpaired) electrons. The van der Waals surface area contributed by atoms with Crippen LogP contribution in [0.15, 0.2) is 61.1 Å². The minimum Gasteiger partial charge on any atom is -0.378 e. The fourth-order valence-electron chi connectivity index (χ4n) is 2.15. The maximum atomic E-state index is 12.4. The van der Waals surface area contributed by atoms with E-state index in [4.69, 9.17) is 23.2 Å². The van der Waals surface area contributed by atoms with Crippen molar-refractivity contribution in [2.75, 3.05) is 10.6 Å². The van der Waals surface area contributed by atoms with Gasteiger partial charge in [0, 0.05) is 18.6 Å². The van der Waals surface area contributed by atoms with Gasteiger partial charge in [-0.25, -0.2) is 0 Å². The second-order valence-corrected chi connectivity index (χ2v) is 5.98. The Morgan fingerprint density at radius 2 is 1.96 bits per heavy atom. The highest BCUT2D eigenvalue weighted by molar-refractivity contribution is 6.44. The van der Waals surface area contributed by atoms with E-state index in [1.54, 1.807) is 36.7 Å². The van der Waals surface area contributed by atoms with E-state index in [2.05, 4.69) is 20.6 Å². The monoisotopic (exact) mass is 372 g/mol. The van der Waals surface area contributed by atoms with E-state index in [9.17, 15) is 4.79 Å². The van der Waals surface area contributed by atoms with Gasteiger partial charge in [-0.05, 0) is 30.3 Å². The molecule has 2 heterocycles. The van der Waals surface area contributed by atoms with Crippen molar-refractivity contribution in [1.82, 2.24) is 9.97 Å². The molecule has 0 atom stereocenters. The maximum absolute atomic E-state index is 12.4. The van der Waals surface area contributed by atoms with Gasteiger partial charge in [-0.1, -0.05) is 35.3 Å². The van der Waals surface area contributed by atoms with E-state index in [1.165, 1.54) is 6.20 Å². The summed E-state index contributed by atoms with van der Waals surface area (Å²) in [6.07, 6.45) is 4.86. The van der Waals surface area contributed by atoms with Crippen LogP contribution in [0.3, 0.4) is 0 Å². The van der Waals surface area contributed by atoms with Crippen LogP contribution in [0.4, 0.5) is 11.4 Å². The topological polar surface area (TPSA) is 66.9 Å². The molecule has 7 heteroatoms. The van der Waals surface area contributed by atoms with Gasteiger partial charge in [0.25, 0.3) is 5.91 Å². The number of amides is 1. The molecule has 0 aliphatic carbocycles. The van der Waals surface area contributed by atoms with E-state index in [0.29, 0.717) is 27.8 Å². The van der Waals surface area contributed by atoms with Gasteiger partial charge >= 0.3 is 0 Å². The molecule has 0 aliphatic heterocycles. The van der Waals surface area contributed by atoms with E-state index in [-0.39, 0.29) is 5.91 Å². The first-order valence-corrected chi connectivity index (χ1v) is 8.23. The van der Waals surface area contributed by atoms with Crippen molar-refractivity contribution >= 4 is 40.5 Å². The molecule has 3 rings (SSSR count). The highest BCUT2D eigenvalue weighted by Crippen LogP contribution is 2.29. The Kier molecular flexibility index (Phi) is 5.48. The summed E-state index contributed by atoms with van der Waals surface area (Å²) >= 11 is 12.0. The van der Waals surface area contributed by atoms with Crippen LogP contribution in [0, 0.1) is 0 Å². The van der Waals surface area contributed by atoms with E-state index in [0.717, 1.165) is 11.4 Å². The smallest absolute Gasteiger partial charge is 0.257 e. The molecule has 5 nitrogen and oxygen atoms in total. The molecule has 2 aromatic heterocycles. The summed E-state index contributed by atoms with van der Waals surface area (Å²) < 4.78 is 0. The predicted octanol–water partition coefficient (Wildman–Crippen LogP) is 4.65. The molecular formula is C18H14Cl2N4O. The Morgan fingerprint density at radius 3 is 2.76 bits per heavy atom. The number of hydrogen-bond acceptors (Lipinski definition) is 4. The van der Waals surface area contributed by atoms with E-state index in [1.807, 2.05) is 18.2 Å². The Labute approximate surface area is 155 Å². The second-order valence-electron chi connectivity index (χ2n) is 5.19. The van der Waals surface area contributed by atoms with E-state index < -0.39 is 0 Å². The van der Waals surface area contributed by atoms with Crippen LogP contribution in [-0.2, 0) is 6.54 Å². The number of hydrogen-bond donors (Lipinski definition) is 2. The van der Waals surface area contributed by atoms with Gasteiger partial charge in [0.15, 0.2) is 0 Å². The van der Waals surface area contributed by atoms with E-state index >= 15 is 0 Å². The molecular weight excluding hydrogens is 359 g/mol. The first-order chi connectivity index (χ1) is 12.1. The Bertz CT molecular complexity index is 887. The summed E-state index contributed by atoms with van der Waals surface area (Å²) in [7, 11) is 0. The third-order valence-electron chi connectivity index (χ3n) is 3.40. The van der Waals surface area contributed by atoms with Crippen LogP contribution in [-0.4, -0.2) is 15.9 Å². The van der Waals surface area contributed by atoms with Gasteiger partial charge < -0.3 is 10.6 Å². The van der Waals surface area contributed by atoms with Crippen molar-refractivity contribution in [3.05, 3.63) is 82.4 Å². The molecule has 0 bridgehead atoms. The van der Waals surface area contributed by atoms with Crippen molar-refractivity contribution in [1.29, 1.82) is 0 Å². The lowest BCUT2D eigenvalue weighted by atomic mass is 10.2. The first kappa shape index (κ1) is 17.2. The van der Waals surface area contributed by atoms with Crippen molar-refractivity contribution in [2.45, 2.75) is 6.54 Å². The molecule has 0 saturated carbocycles. The lowest BCUT2D eigenvalue weighted by Crippen LogP contribution is -2.13. The highest BCUT2D eigenvalue weighted by atomic mass is 35.5. The van der Waals surface area contributed by atoms with Crippen molar-refractivity contribution < 1.29 is 4.79 Å². The average Bonchev–Trinajstić information content (AvgIpc) is 2.65. The number of nitrogens with one attached hydrogen (secondary N) is 2.